The van der Waals surface area contributed by atoms with Crippen LogP contribution in [0.15, 0.2) is 18.2 Å². The number of aryl methyl sites for hydroxylation is 1. The molecule has 0 aliphatic rings. The lowest BCUT2D eigenvalue weighted by Gasteiger charge is -2.15. The maximum atomic E-state index is 13.3. The van der Waals surface area contributed by atoms with E-state index in [0.29, 0.717) is 24.8 Å². The van der Waals surface area contributed by atoms with E-state index in [1.807, 2.05) is 0 Å². The number of ether oxygens (including phenoxy) is 2. The maximum Gasteiger partial charge on any atom is 0.347 e. The average Bonchev–Trinajstić information content (AvgIpc) is 3.01. The highest BCUT2D eigenvalue weighted by atomic mass is 16.6. The molecule has 1 aromatic rings. The maximum absolute atomic E-state index is 13.3. The van der Waals surface area contributed by atoms with Crippen LogP contribution in [0.3, 0.4) is 0 Å². The quantitative estimate of drug-likeness (QED) is 0.0638. The van der Waals surface area contributed by atoms with Crippen LogP contribution in [-0.4, -0.2) is 46.3 Å². The first-order valence-corrected chi connectivity index (χ1v) is 17.3. The predicted octanol–water partition coefficient (Wildman–Crippen LogP) is 8.18. The Balaban J connectivity index is 2.94. The van der Waals surface area contributed by atoms with Gasteiger partial charge in [0, 0.05) is 0 Å². The number of unbranched alkanes of at least 4 members (excludes halogenated alkanes) is 15. The van der Waals surface area contributed by atoms with Gasteiger partial charge in [-0.1, -0.05) is 142 Å². The molecule has 0 fully saturated rings. The van der Waals surface area contributed by atoms with E-state index in [0.717, 1.165) is 103 Å². The molecule has 1 rings (SSSR count). The Morgan fingerprint density at radius 2 is 0.977 bits per heavy atom. The Labute approximate surface area is 265 Å². The van der Waals surface area contributed by atoms with Crippen molar-refractivity contribution < 1.29 is 38.9 Å². The fraction of sp³-hybridized carbons (Fsp3) is 0.722. The van der Waals surface area contributed by atoms with E-state index in [-0.39, 0.29) is 24.0 Å². The molecule has 2 N–H and O–H groups in total. The molecule has 0 amide bonds. The van der Waals surface area contributed by atoms with Crippen LogP contribution in [-0.2, 0) is 25.5 Å². The van der Waals surface area contributed by atoms with E-state index in [9.17, 15) is 29.4 Å². The fourth-order valence-electron chi connectivity index (χ4n) is 5.21. The zero-order chi connectivity index (χ0) is 32.6. The molecule has 1 aromatic carbocycles. The highest BCUT2D eigenvalue weighted by molar-refractivity contribution is 6.09. The van der Waals surface area contributed by atoms with Crippen LogP contribution in [0.25, 0.3) is 0 Å². The normalized spacial score (nSPS) is 12.5. The molecule has 2 atom stereocenters. The van der Waals surface area contributed by atoms with Gasteiger partial charge in [-0.15, -0.1) is 0 Å². The minimum atomic E-state index is -1.45. The SMILES string of the molecule is CCCCCCCCc1cccc(C(=O)OC(=O)C(O)CCCCCCCC)c1C(=O)OC(=O)C(O)CCCCCCCC. The average molecular weight is 619 g/mol. The van der Waals surface area contributed by atoms with Crippen LogP contribution in [0.1, 0.15) is 175 Å². The predicted molar refractivity (Wildman–Crippen MR) is 172 cm³/mol. The lowest BCUT2D eigenvalue weighted by Crippen LogP contribution is -2.29. The van der Waals surface area contributed by atoms with Gasteiger partial charge in [0.15, 0.2) is 12.2 Å². The van der Waals surface area contributed by atoms with Crippen LogP contribution in [0, 0.1) is 0 Å². The zero-order valence-corrected chi connectivity index (χ0v) is 27.6. The van der Waals surface area contributed by atoms with Crippen LogP contribution >= 0.6 is 0 Å². The van der Waals surface area contributed by atoms with Crippen LogP contribution in [0.5, 0.6) is 0 Å². The van der Waals surface area contributed by atoms with Crippen molar-refractivity contribution in [2.45, 2.75) is 168 Å². The van der Waals surface area contributed by atoms with E-state index in [2.05, 4.69) is 20.8 Å². The molecular formula is C36H58O8. The molecule has 8 heteroatoms. The van der Waals surface area contributed by atoms with Gasteiger partial charge in [0.1, 0.15) is 0 Å². The van der Waals surface area contributed by atoms with Crippen LogP contribution < -0.4 is 0 Å². The van der Waals surface area contributed by atoms with Gasteiger partial charge in [-0.2, -0.15) is 0 Å². The minimum absolute atomic E-state index is 0.149. The number of carbonyl (C=O) groups excluding carboxylic acids is 4. The van der Waals surface area contributed by atoms with Crippen molar-refractivity contribution in [2.24, 2.45) is 0 Å². The zero-order valence-electron chi connectivity index (χ0n) is 27.6. The summed E-state index contributed by atoms with van der Waals surface area (Å²) in [6.45, 7) is 6.41. The molecule has 0 spiro atoms. The van der Waals surface area contributed by atoms with Crippen molar-refractivity contribution in [1.29, 1.82) is 0 Å². The molecule has 0 saturated carbocycles. The van der Waals surface area contributed by atoms with Crippen molar-refractivity contribution in [3.8, 4) is 0 Å². The molecule has 8 nitrogen and oxygen atoms in total. The Kier molecular flexibility index (Phi) is 22.1. The highest BCUT2D eigenvalue weighted by Gasteiger charge is 2.29. The van der Waals surface area contributed by atoms with E-state index in [1.54, 1.807) is 12.1 Å². The Bertz CT molecular complexity index is 973. The molecule has 0 aliphatic carbocycles. The number of hydrogen-bond acceptors (Lipinski definition) is 8. The summed E-state index contributed by atoms with van der Waals surface area (Å²) >= 11 is 0. The highest BCUT2D eigenvalue weighted by Crippen LogP contribution is 2.22. The Hall–Kier alpha value is -2.58. The third-order valence-corrected chi connectivity index (χ3v) is 7.97. The van der Waals surface area contributed by atoms with E-state index < -0.39 is 36.1 Å². The molecule has 2 unspecified atom stereocenters. The third-order valence-electron chi connectivity index (χ3n) is 7.97. The van der Waals surface area contributed by atoms with E-state index in [4.69, 9.17) is 9.47 Å². The number of carbonyl (C=O) groups is 4. The summed E-state index contributed by atoms with van der Waals surface area (Å²) < 4.78 is 10.0. The molecule has 0 bridgehead atoms. The second kappa shape index (κ2) is 24.7. The summed E-state index contributed by atoms with van der Waals surface area (Å²) in [7, 11) is 0. The van der Waals surface area contributed by atoms with Crippen molar-refractivity contribution in [1.82, 2.24) is 0 Å². The summed E-state index contributed by atoms with van der Waals surface area (Å²) in [4.78, 5) is 51.5. The van der Waals surface area contributed by atoms with Crippen LogP contribution in [0.2, 0.25) is 0 Å². The van der Waals surface area contributed by atoms with Crippen molar-refractivity contribution in [3.05, 3.63) is 34.9 Å². The number of aliphatic hydroxyl groups excluding tert-OH is 2. The van der Waals surface area contributed by atoms with E-state index >= 15 is 0 Å². The molecule has 0 saturated heterocycles. The molecule has 0 aromatic heterocycles. The first-order valence-electron chi connectivity index (χ1n) is 17.3. The fourth-order valence-corrected chi connectivity index (χ4v) is 5.21. The van der Waals surface area contributed by atoms with Crippen LogP contribution in [0.4, 0.5) is 0 Å². The monoisotopic (exact) mass is 618 g/mol. The number of benzene rings is 1. The summed E-state index contributed by atoms with van der Waals surface area (Å²) in [6, 6.07) is 4.62. The number of aliphatic hydroxyl groups is 2. The summed E-state index contributed by atoms with van der Waals surface area (Å²) in [5.41, 5.74) is 0.138. The lowest BCUT2D eigenvalue weighted by molar-refractivity contribution is -0.149. The first-order chi connectivity index (χ1) is 21.3. The van der Waals surface area contributed by atoms with E-state index in [1.165, 1.54) is 6.07 Å². The van der Waals surface area contributed by atoms with Gasteiger partial charge < -0.3 is 19.7 Å². The van der Waals surface area contributed by atoms with Crippen molar-refractivity contribution in [3.63, 3.8) is 0 Å². The first kappa shape index (κ1) is 39.4. The summed E-state index contributed by atoms with van der Waals surface area (Å²) in [5.74, 6) is -4.29. The Morgan fingerprint density at radius 3 is 1.45 bits per heavy atom. The van der Waals surface area contributed by atoms with Gasteiger partial charge in [0.25, 0.3) is 0 Å². The summed E-state index contributed by atoms with van der Waals surface area (Å²) in [6.07, 6.45) is 15.8. The second-order valence-corrected chi connectivity index (χ2v) is 11.9. The van der Waals surface area contributed by atoms with Gasteiger partial charge in [-0.25, -0.2) is 19.2 Å². The molecule has 0 heterocycles. The topological polar surface area (TPSA) is 127 Å². The molecule has 44 heavy (non-hydrogen) atoms. The van der Waals surface area contributed by atoms with Crippen molar-refractivity contribution in [2.75, 3.05) is 0 Å². The molecule has 250 valence electrons. The smallest absolute Gasteiger partial charge is 0.347 e. The minimum Gasteiger partial charge on any atom is -0.387 e. The number of rotatable bonds is 25. The van der Waals surface area contributed by atoms with Gasteiger partial charge in [0.2, 0.25) is 0 Å². The molecule has 0 aliphatic heterocycles. The van der Waals surface area contributed by atoms with Gasteiger partial charge in [-0.05, 0) is 37.3 Å². The summed E-state index contributed by atoms with van der Waals surface area (Å²) in [5, 5.41) is 20.6. The lowest BCUT2D eigenvalue weighted by atomic mass is 9.96. The second-order valence-electron chi connectivity index (χ2n) is 11.9. The largest absolute Gasteiger partial charge is 0.387 e. The number of esters is 4. The number of hydrogen-bond donors (Lipinski definition) is 2. The van der Waals surface area contributed by atoms with Gasteiger partial charge in [0.05, 0.1) is 11.1 Å². The van der Waals surface area contributed by atoms with Crippen molar-refractivity contribution >= 4 is 23.9 Å². The third kappa shape index (κ3) is 16.5. The van der Waals surface area contributed by atoms with Gasteiger partial charge in [-0.3, -0.25) is 0 Å². The molecule has 0 radical (unpaired) electrons. The Morgan fingerprint density at radius 1 is 0.568 bits per heavy atom. The standard InChI is InChI=1S/C36H58O8/c1-4-7-10-13-16-19-23-28-24-22-25-29(33(39)43-34(40)30(37)26-20-17-14-11-8-5-2)32(28)36(42)44-35(41)31(38)27-21-18-15-12-9-6-3/h22,24-25,30-31,37-38H,4-21,23,26-27H2,1-3H3. The van der Waals surface area contributed by atoms with Gasteiger partial charge >= 0.3 is 23.9 Å². The molecular weight excluding hydrogens is 560 g/mol.